The minimum Gasteiger partial charge on any atom is -0.361 e. The summed E-state index contributed by atoms with van der Waals surface area (Å²) in [6.07, 6.45) is 3.34. The first-order valence-electron chi connectivity index (χ1n) is 13.7. The van der Waals surface area contributed by atoms with Gasteiger partial charge in [-0.05, 0) is 85.6 Å². The Morgan fingerprint density at radius 3 is 1.34 bits per heavy atom. The molecule has 0 spiro atoms. The van der Waals surface area contributed by atoms with Gasteiger partial charge < -0.3 is 10.6 Å². The van der Waals surface area contributed by atoms with Crippen LogP contribution >= 0.6 is 23.2 Å². The molecule has 0 unspecified atom stereocenters. The van der Waals surface area contributed by atoms with E-state index in [0.717, 1.165) is 22.5 Å². The lowest BCUT2D eigenvalue weighted by molar-refractivity contribution is -0.115. The Morgan fingerprint density at radius 1 is 0.591 bits per heavy atom. The molecule has 10 heteroatoms. The van der Waals surface area contributed by atoms with Crippen molar-refractivity contribution in [2.75, 3.05) is 20.7 Å². The van der Waals surface area contributed by atoms with Crippen molar-refractivity contribution in [1.29, 1.82) is 0 Å². The quantitative estimate of drug-likeness (QED) is 0.204. The third-order valence-electron chi connectivity index (χ3n) is 7.10. The molecule has 4 aromatic carbocycles. The number of halogens is 2. The summed E-state index contributed by atoms with van der Waals surface area (Å²) in [5.74, 6) is -0.451. The number of hydrazone groups is 2. The van der Waals surface area contributed by atoms with Crippen molar-refractivity contribution in [3.8, 4) is 11.1 Å². The second kappa shape index (κ2) is 12.2. The van der Waals surface area contributed by atoms with E-state index >= 15 is 0 Å². The van der Waals surface area contributed by atoms with E-state index in [-0.39, 0.29) is 11.8 Å². The normalized spacial score (nSPS) is 16.5. The zero-order valence-electron chi connectivity index (χ0n) is 23.8. The zero-order valence-corrected chi connectivity index (χ0v) is 25.3. The van der Waals surface area contributed by atoms with Crippen molar-refractivity contribution >= 4 is 69.2 Å². The van der Waals surface area contributed by atoms with Crippen LogP contribution in [0.25, 0.3) is 11.1 Å². The molecule has 0 atom stereocenters. The fourth-order valence-electron chi connectivity index (χ4n) is 4.76. The van der Waals surface area contributed by atoms with Crippen LogP contribution in [0.1, 0.15) is 13.8 Å². The average molecular weight is 622 g/mol. The van der Waals surface area contributed by atoms with Crippen LogP contribution in [-0.4, -0.2) is 23.2 Å². The standard InChI is InChI=1S/C34H26Cl2N6O2/c1-21-31(33(43)41(39-21)29-7-3-5-25(35)17-29)19-37-27-13-9-23(10-14-27)24-11-15-28(16-12-24)38-20-32-22(2)40-42(34(32)44)30-8-4-6-26(36)18-30/h3-20,37-38H,1-2H3. The Balaban J connectivity index is 1.08. The van der Waals surface area contributed by atoms with Gasteiger partial charge in [0.1, 0.15) is 0 Å². The van der Waals surface area contributed by atoms with Crippen LogP contribution in [0, 0.1) is 0 Å². The van der Waals surface area contributed by atoms with Gasteiger partial charge in [-0.3, -0.25) is 9.59 Å². The predicted molar refractivity (Wildman–Crippen MR) is 179 cm³/mol. The second-order valence-corrected chi connectivity index (χ2v) is 11.0. The molecule has 4 aromatic rings. The number of nitrogens with one attached hydrogen (secondary N) is 2. The van der Waals surface area contributed by atoms with E-state index in [9.17, 15) is 9.59 Å². The number of hydrogen-bond acceptors (Lipinski definition) is 6. The summed E-state index contributed by atoms with van der Waals surface area (Å²) in [6.45, 7) is 3.59. The van der Waals surface area contributed by atoms with Crippen molar-refractivity contribution in [2.24, 2.45) is 10.2 Å². The molecule has 2 aliphatic rings. The summed E-state index contributed by atoms with van der Waals surface area (Å²) in [4.78, 5) is 26.0. The summed E-state index contributed by atoms with van der Waals surface area (Å²) in [7, 11) is 0. The lowest BCUT2D eigenvalue weighted by atomic mass is 10.0. The van der Waals surface area contributed by atoms with Crippen LogP contribution in [0.2, 0.25) is 10.0 Å². The molecule has 0 fully saturated rings. The van der Waals surface area contributed by atoms with Gasteiger partial charge in [-0.1, -0.05) is 59.6 Å². The number of carbonyl (C=O) groups excluding carboxylic acids is 2. The fourth-order valence-corrected chi connectivity index (χ4v) is 5.13. The maximum atomic E-state index is 13.0. The number of benzene rings is 4. The van der Waals surface area contributed by atoms with Crippen molar-refractivity contribution in [1.82, 2.24) is 0 Å². The van der Waals surface area contributed by atoms with E-state index in [1.165, 1.54) is 10.0 Å². The number of amides is 2. The Bertz CT molecular complexity index is 1760. The van der Waals surface area contributed by atoms with Crippen LogP contribution in [-0.2, 0) is 9.59 Å². The van der Waals surface area contributed by atoms with Crippen LogP contribution in [0.4, 0.5) is 22.7 Å². The summed E-state index contributed by atoms with van der Waals surface area (Å²) < 4.78 is 0. The van der Waals surface area contributed by atoms with Gasteiger partial charge in [0.2, 0.25) is 0 Å². The van der Waals surface area contributed by atoms with E-state index < -0.39 is 0 Å². The Labute approximate surface area is 264 Å². The molecule has 0 saturated heterocycles. The molecular formula is C34H26Cl2N6O2. The number of anilines is 4. The molecular weight excluding hydrogens is 595 g/mol. The molecule has 44 heavy (non-hydrogen) atoms. The summed E-state index contributed by atoms with van der Waals surface area (Å²) in [5, 5.41) is 19.0. The molecule has 0 aliphatic carbocycles. The maximum absolute atomic E-state index is 13.0. The molecule has 2 N–H and O–H groups in total. The van der Waals surface area contributed by atoms with Crippen LogP contribution in [0.3, 0.4) is 0 Å². The van der Waals surface area contributed by atoms with E-state index in [1.807, 2.05) is 48.5 Å². The molecule has 8 nitrogen and oxygen atoms in total. The van der Waals surface area contributed by atoms with E-state index in [4.69, 9.17) is 23.2 Å². The highest BCUT2D eigenvalue weighted by Crippen LogP contribution is 2.28. The topological polar surface area (TPSA) is 89.4 Å². The van der Waals surface area contributed by atoms with Crippen LogP contribution < -0.4 is 20.7 Å². The van der Waals surface area contributed by atoms with Gasteiger partial charge in [0, 0.05) is 33.8 Å². The highest BCUT2D eigenvalue weighted by Gasteiger charge is 2.30. The lowest BCUT2D eigenvalue weighted by Crippen LogP contribution is -2.21. The number of carbonyl (C=O) groups is 2. The summed E-state index contributed by atoms with van der Waals surface area (Å²) in [5.41, 5.74) is 7.13. The minimum absolute atomic E-state index is 0.226. The zero-order chi connectivity index (χ0) is 30.8. The molecule has 0 radical (unpaired) electrons. The van der Waals surface area contributed by atoms with Crippen LogP contribution in [0.15, 0.2) is 131 Å². The molecule has 6 rings (SSSR count). The largest absolute Gasteiger partial charge is 0.361 e. The van der Waals surface area contributed by atoms with Gasteiger partial charge >= 0.3 is 0 Å². The van der Waals surface area contributed by atoms with Crippen molar-refractivity contribution in [3.63, 3.8) is 0 Å². The fraction of sp³-hybridized carbons (Fsp3) is 0.0588. The maximum Gasteiger partial charge on any atom is 0.282 e. The van der Waals surface area contributed by atoms with Gasteiger partial charge in [0.25, 0.3) is 11.8 Å². The van der Waals surface area contributed by atoms with Gasteiger partial charge in [-0.25, -0.2) is 0 Å². The predicted octanol–water partition coefficient (Wildman–Crippen LogP) is 8.10. The van der Waals surface area contributed by atoms with E-state index in [2.05, 4.69) is 20.8 Å². The molecule has 0 bridgehead atoms. The first kappa shape index (κ1) is 28.9. The van der Waals surface area contributed by atoms with Gasteiger partial charge in [-0.15, -0.1) is 0 Å². The van der Waals surface area contributed by atoms with Crippen LogP contribution in [0.5, 0.6) is 0 Å². The first-order chi connectivity index (χ1) is 21.3. The summed E-state index contributed by atoms with van der Waals surface area (Å²) in [6, 6.07) is 29.9. The van der Waals surface area contributed by atoms with Gasteiger partial charge in [-0.2, -0.15) is 20.2 Å². The Morgan fingerprint density at radius 2 is 0.977 bits per heavy atom. The van der Waals surface area contributed by atoms with Gasteiger partial charge in [0.15, 0.2) is 0 Å². The Kier molecular flexibility index (Phi) is 8.02. The van der Waals surface area contributed by atoms with Crippen molar-refractivity contribution < 1.29 is 9.59 Å². The van der Waals surface area contributed by atoms with E-state index in [1.54, 1.807) is 74.8 Å². The van der Waals surface area contributed by atoms with E-state index in [0.29, 0.717) is 44.0 Å². The van der Waals surface area contributed by atoms with Crippen molar-refractivity contribution in [2.45, 2.75) is 13.8 Å². The third-order valence-corrected chi connectivity index (χ3v) is 7.57. The SMILES string of the molecule is CC1=NN(c2cccc(Cl)c2)C(=O)C1=CNc1ccc(-c2ccc(NC=C3C(=O)N(c4cccc(Cl)c4)N=C3C)cc2)cc1. The second-order valence-electron chi connectivity index (χ2n) is 10.1. The smallest absolute Gasteiger partial charge is 0.282 e. The average Bonchev–Trinajstić information content (AvgIpc) is 3.48. The molecule has 0 aromatic heterocycles. The molecule has 2 amide bonds. The molecule has 0 saturated carbocycles. The highest BCUT2D eigenvalue weighted by atomic mass is 35.5. The summed E-state index contributed by atoms with van der Waals surface area (Å²) >= 11 is 12.2. The third kappa shape index (κ3) is 5.99. The lowest BCUT2D eigenvalue weighted by Gasteiger charge is -2.12. The van der Waals surface area contributed by atoms with Crippen molar-refractivity contribution in [3.05, 3.63) is 131 Å². The molecule has 218 valence electrons. The number of hydrogen-bond donors (Lipinski definition) is 2. The Hall–Kier alpha value is -5.18. The highest BCUT2D eigenvalue weighted by molar-refractivity contribution is 6.33. The monoisotopic (exact) mass is 620 g/mol. The first-order valence-corrected chi connectivity index (χ1v) is 14.5. The number of rotatable bonds is 7. The molecule has 2 heterocycles. The molecule has 2 aliphatic heterocycles. The number of nitrogens with zero attached hydrogens (tertiary/aromatic N) is 4. The minimum atomic E-state index is -0.226. The van der Waals surface area contributed by atoms with Gasteiger partial charge in [0.05, 0.1) is 33.9 Å².